The van der Waals surface area contributed by atoms with Crippen LogP contribution in [0.5, 0.6) is 0 Å². The Bertz CT molecular complexity index is 344. The van der Waals surface area contributed by atoms with Crippen LogP contribution in [0.2, 0.25) is 0 Å². The Morgan fingerprint density at radius 2 is 2.00 bits per heavy atom. The van der Waals surface area contributed by atoms with Gasteiger partial charge in [0.15, 0.2) is 0 Å². The van der Waals surface area contributed by atoms with Crippen LogP contribution in [0.15, 0.2) is 27.6 Å². The molecule has 16 heavy (non-hydrogen) atoms. The Labute approximate surface area is 112 Å². The van der Waals surface area contributed by atoms with E-state index in [0.717, 1.165) is 12.3 Å². The minimum Gasteiger partial charge on any atom is -0.308 e. The van der Waals surface area contributed by atoms with Gasteiger partial charge in [-0.15, -0.1) is 11.8 Å². The minimum absolute atomic E-state index is 0.170. The lowest BCUT2D eigenvalue weighted by atomic mass is 10.1. The van der Waals surface area contributed by atoms with Crippen molar-refractivity contribution in [1.29, 1.82) is 0 Å². The van der Waals surface area contributed by atoms with Crippen LogP contribution in [0.1, 0.15) is 33.3 Å². The predicted octanol–water partition coefficient (Wildman–Crippen LogP) is 4.45. The molecule has 90 valence electrons. The highest BCUT2D eigenvalue weighted by Gasteiger charge is 2.09. The number of thioether (sulfide) groups is 1. The van der Waals surface area contributed by atoms with E-state index >= 15 is 0 Å². The van der Waals surface area contributed by atoms with Crippen molar-refractivity contribution < 1.29 is 0 Å². The molecule has 0 unspecified atom stereocenters. The van der Waals surface area contributed by atoms with E-state index in [-0.39, 0.29) is 5.54 Å². The molecule has 0 aliphatic heterocycles. The Hall–Kier alpha value is 0.01000. The first-order chi connectivity index (χ1) is 7.42. The SMILES string of the molecule is CCSc1ccc(CNC(C)(C)C)cc1Br. The van der Waals surface area contributed by atoms with Crippen molar-refractivity contribution >= 4 is 27.7 Å². The van der Waals surface area contributed by atoms with Crippen LogP contribution in [0.25, 0.3) is 0 Å². The topological polar surface area (TPSA) is 12.0 Å². The molecule has 0 fully saturated rings. The molecule has 1 nitrogen and oxygen atoms in total. The summed E-state index contributed by atoms with van der Waals surface area (Å²) < 4.78 is 1.20. The summed E-state index contributed by atoms with van der Waals surface area (Å²) in [4.78, 5) is 1.32. The molecule has 0 aliphatic rings. The number of benzene rings is 1. The van der Waals surface area contributed by atoms with Crippen molar-refractivity contribution in [2.24, 2.45) is 0 Å². The quantitative estimate of drug-likeness (QED) is 0.825. The van der Waals surface area contributed by atoms with Crippen LogP contribution in [0, 0.1) is 0 Å². The van der Waals surface area contributed by atoms with Crippen molar-refractivity contribution in [2.75, 3.05) is 5.75 Å². The summed E-state index contributed by atoms with van der Waals surface area (Å²) in [5, 5.41) is 3.49. The average Bonchev–Trinajstić information content (AvgIpc) is 2.18. The summed E-state index contributed by atoms with van der Waals surface area (Å²) in [6.45, 7) is 9.64. The highest BCUT2D eigenvalue weighted by molar-refractivity contribution is 9.10. The lowest BCUT2D eigenvalue weighted by molar-refractivity contribution is 0.424. The molecule has 0 radical (unpaired) electrons. The molecule has 0 heterocycles. The molecular formula is C13H20BrNS. The number of rotatable bonds is 4. The van der Waals surface area contributed by atoms with Crippen LogP contribution < -0.4 is 5.32 Å². The first-order valence-electron chi connectivity index (χ1n) is 5.58. The number of halogens is 1. The van der Waals surface area contributed by atoms with Crippen LogP contribution in [0.3, 0.4) is 0 Å². The van der Waals surface area contributed by atoms with Gasteiger partial charge < -0.3 is 5.32 Å². The molecule has 1 aromatic carbocycles. The van der Waals surface area contributed by atoms with Gasteiger partial charge >= 0.3 is 0 Å². The molecule has 0 atom stereocenters. The molecule has 1 aromatic rings. The van der Waals surface area contributed by atoms with Gasteiger partial charge in [-0.05, 0) is 60.2 Å². The molecule has 0 aromatic heterocycles. The maximum atomic E-state index is 3.62. The summed E-state index contributed by atoms with van der Waals surface area (Å²) in [5.41, 5.74) is 1.49. The van der Waals surface area contributed by atoms with Gasteiger partial charge in [-0.25, -0.2) is 0 Å². The second-order valence-electron chi connectivity index (χ2n) is 4.80. The van der Waals surface area contributed by atoms with Crippen molar-refractivity contribution in [1.82, 2.24) is 5.32 Å². The van der Waals surface area contributed by atoms with Gasteiger partial charge in [-0.1, -0.05) is 13.0 Å². The third kappa shape index (κ3) is 4.89. The van der Waals surface area contributed by atoms with E-state index in [0.29, 0.717) is 0 Å². The van der Waals surface area contributed by atoms with Gasteiger partial charge in [0.05, 0.1) is 0 Å². The summed E-state index contributed by atoms with van der Waals surface area (Å²) >= 11 is 5.49. The van der Waals surface area contributed by atoms with Crippen molar-refractivity contribution in [3.05, 3.63) is 28.2 Å². The Morgan fingerprint density at radius 1 is 1.31 bits per heavy atom. The fourth-order valence-corrected chi connectivity index (χ4v) is 2.74. The van der Waals surface area contributed by atoms with Crippen LogP contribution >= 0.6 is 27.7 Å². The van der Waals surface area contributed by atoms with Gasteiger partial charge in [-0.2, -0.15) is 0 Å². The second-order valence-corrected chi connectivity index (χ2v) is 6.96. The van der Waals surface area contributed by atoms with Gasteiger partial charge in [0.25, 0.3) is 0 Å². The molecule has 0 spiro atoms. The van der Waals surface area contributed by atoms with Gasteiger partial charge in [0.2, 0.25) is 0 Å². The van der Waals surface area contributed by atoms with E-state index in [2.05, 4.69) is 67.1 Å². The summed E-state index contributed by atoms with van der Waals surface area (Å²) in [6.07, 6.45) is 0. The normalized spacial score (nSPS) is 11.8. The largest absolute Gasteiger partial charge is 0.308 e. The van der Waals surface area contributed by atoms with E-state index in [1.807, 2.05) is 11.8 Å². The fourth-order valence-electron chi connectivity index (χ4n) is 1.29. The molecule has 0 bridgehead atoms. The molecule has 3 heteroatoms. The summed E-state index contributed by atoms with van der Waals surface area (Å²) in [6, 6.07) is 6.59. The molecule has 0 saturated carbocycles. The van der Waals surface area contributed by atoms with Gasteiger partial charge in [0.1, 0.15) is 0 Å². The van der Waals surface area contributed by atoms with Crippen LogP contribution in [-0.4, -0.2) is 11.3 Å². The second kappa shape index (κ2) is 6.08. The van der Waals surface area contributed by atoms with Gasteiger partial charge in [0, 0.05) is 21.5 Å². The smallest absolute Gasteiger partial charge is 0.0314 e. The third-order valence-electron chi connectivity index (χ3n) is 2.12. The zero-order valence-corrected chi connectivity index (χ0v) is 12.8. The molecule has 0 saturated heterocycles. The Kier molecular flexibility index (Phi) is 5.35. The maximum Gasteiger partial charge on any atom is 0.0314 e. The highest BCUT2D eigenvalue weighted by atomic mass is 79.9. The Morgan fingerprint density at radius 3 is 2.50 bits per heavy atom. The first kappa shape index (κ1) is 14.1. The summed E-state index contributed by atoms with van der Waals surface area (Å²) in [5.74, 6) is 1.11. The van der Waals surface area contributed by atoms with Crippen molar-refractivity contribution in [3.8, 4) is 0 Å². The van der Waals surface area contributed by atoms with Crippen molar-refractivity contribution in [2.45, 2.75) is 44.7 Å². The molecule has 0 amide bonds. The lowest BCUT2D eigenvalue weighted by Crippen LogP contribution is -2.35. The third-order valence-corrected chi connectivity index (χ3v) is 3.99. The van der Waals surface area contributed by atoms with E-state index < -0.39 is 0 Å². The van der Waals surface area contributed by atoms with E-state index in [1.54, 1.807) is 0 Å². The molecular weight excluding hydrogens is 282 g/mol. The minimum atomic E-state index is 0.170. The summed E-state index contributed by atoms with van der Waals surface area (Å²) in [7, 11) is 0. The molecule has 1 rings (SSSR count). The number of nitrogens with one attached hydrogen (secondary N) is 1. The Balaban J connectivity index is 2.66. The zero-order chi connectivity index (χ0) is 12.2. The number of hydrogen-bond donors (Lipinski definition) is 1. The van der Waals surface area contributed by atoms with Crippen molar-refractivity contribution in [3.63, 3.8) is 0 Å². The predicted molar refractivity (Wildman–Crippen MR) is 77.1 cm³/mol. The van der Waals surface area contributed by atoms with Crippen LogP contribution in [-0.2, 0) is 6.54 Å². The highest BCUT2D eigenvalue weighted by Crippen LogP contribution is 2.28. The number of hydrogen-bond acceptors (Lipinski definition) is 2. The van der Waals surface area contributed by atoms with Gasteiger partial charge in [-0.3, -0.25) is 0 Å². The molecule has 1 N–H and O–H groups in total. The first-order valence-corrected chi connectivity index (χ1v) is 7.36. The average molecular weight is 302 g/mol. The van der Waals surface area contributed by atoms with E-state index in [1.165, 1.54) is 14.9 Å². The fraction of sp³-hybridized carbons (Fsp3) is 0.538. The standard InChI is InChI=1S/C13H20BrNS/c1-5-16-12-7-6-10(8-11(12)14)9-15-13(2,3)4/h6-8,15H,5,9H2,1-4H3. The lowest BCUT2D eigenvalue weighted by Gasteiger charge is -2.20. The monoisotopic (exact) mass is 301 g/mol. The maximum absolute atomic E-state index is 3.62. The van der Waals surface area contributed by atoms with Crippen LogP contribution in [0.4, 0.5) is 0 Å². The van der Waals surface area contributed by atoms with E-state index in [9.17, 15) is 0 Å². The van der Waals surface area contributed by atoms with E-state index in [4.69, 9.17) is 0 Å². The molecule has 0 aliphatic carbocycles. The zero-order valence-electron chi connectivity index (χ0n) is 10.4.